The van der Waals surface area contributed by atoms with Crippen LogP contribution in [0.1, 0.15) is 23.3 Å². The van der Waals surface area contributed by atoms with Gasteiger partial charge in [0.15, 0.2) is 17.2 Å². The summed E-state index contributed by atoms with van der Waals surface area (Å²) < 4.78 is 25.0. The molecule has 2 N–H and O–H groups in total. The summed E-state index contributed by atoms with van der Waals surface area (Å²) in [4.78, 5) is 21.6. The minimum Gasteiger partial charge on any atom is -0.493 e. The fraction of sp³-hybridized carbons (Fsp3) is 0.240. The van der Waals surface area contributed by atoms with Crippen LogP contribution in [-0.2, 0) is 4.74 Å². The lowest BCUT2D eigenvalue weighted by Crippen LogP contribution is -2.21. The molecule has 4 aromatic rings. The lowest BCUT2D eigenvalue weighted by Gasteiger charge is -2.18. The summed E-state index contributed by atoms with van der Waals surface area (Å²) in [5.74, 6) is 0.436. The Labute approximate surface area is 196 Å². The first-order chi connectivity index (χ1) is 16.6. The molecule has 1 fully saturated rings. The molecule has 2 aromatic heterocycles. The Bertz CT molecular complexity index is 1330. The second-order valence-corrected chi connectivity index (χ2v) is 7.81. The lowest BCUT2D eigenvalue weighted by atomic mass is 10.2. The van der Waals surface area contributed by atoms with Crippen molar-refractivity contribution in [3.05, 3.63) is 66.5 Å². The number of ether oxygens (including phenoxy) is 4. The van der Waals surface area contributed by atoms with Crippen LogP contribution in [0.4, 0.5) is 0 Å². The predicted molar refractivity (Wildman–Crippen MR) is 125 cm³/mol. The van der Waals surface area contributed by atoms with E-state index in [1.165, 1.54) is 7.11 Å². The monoisotopic (exact) mass is 460 g/mol. The number of benzene rings is 2. The Kier molecular flexibility index (Phi) is 6.01. The maximum absolute atomic E-state index is 12.5. The molecule has 34 heavy (non-hydrogen) atoms. The van der Waals surface area contributed by atoms with Gasteiger partial charge in [-0.25, -0.2) is 4.98 Å². The van der Waals surface area contributed by atoms with Crippen LogP contribution in [0.3, 0.4) is 0 Å². The van der Waals surface area contributed by atoms with Crippen LogP contribution in [0, 0.1) is 0 Å². The van der Waals surface area contributed by atoms with Gasteiger partial charge in [0, 0.05) is 18.2 Å². The van der Waals surface area contributed by atoms with Crippen molar-refractivity contribution in [2.45, 2.75) is 18.9 Å². The zero-order valence-electron chi connectivity index (χ0n) is 18.6. The highest BCUT2D eigenvalue weighted by molar-refractivity contribution is 5.94. The molecule has 0 aliphatic carbocycles. The van der Waals surface area contributed by atoms with Gasteiger partial charge in [0.25, 0.3) is 11.8 Å². The first-order valence-electron chi connectivity index (χ1n) is 11.0. The van der Waals surface area contributed by atoms with Crippen molar-refractivity contribution in [2.24, 2.45) is 5.73 Å². The summed E-state index contributed by atoms with van der Waals surface area (Å²) in [5.41, 5.74) is 6.51. The lowest BCUT2D eigenvalue weighted by molar-refractivity contribution is 0.0652. The third-order valence-electron chi connectivity index (χ3n) is 5.58. The van der Waals surface area contributed by atoms with E-state index in [4.69, 9.17) is 24.7 Å². The van der Waals surface area contributed by atoms with Crippen LogP contribution in [0.15, 0.2) is 60.8 Å². The molecule has 1 amide bonds. The number of hydrogen-bond acceptors (Lipinski definition) is 7. The molecule has 1 aliphatic heterocycles. The Morgan fingerprint density at radius 2 is 1.91 bits per heavy atom. The number of hydrogen-bond donors (Lipinski definition) is 1. The van der Waals surface area contributed by atoms with E-state index in [1.807, 2.05) is 42.6 Å². The van der Waals surface area contributed by atoms with E-state index in [-0.39, 0.29) is 36.0 Å². The Balaban J connectivity index is 1.62. The molecular weight excluding hydrogens is 436 g/mol. The highest BCUT2D eigenvalue weighted by Gasteiger charge is 2.26. The van der Waals surface area contributed by atoms with E-state index in [2.05, 4.69) is 9.97 Å². The maximum Gasteiger partial charge on any atom is 0.271 e. The van der Waals surface area contributed by atoms with Gasteiger partial charge in [-0.3, -0.25) is 9.36 Å². The van der Waals surface area contributed by atoms with Gasteiger partial charge >= 0.3 is 0 Å². The van der Waals surface area contributed by atoms with Crippen LogP contribution < -0.4 is 19.9 Å². The molecule has 1 saturated heterocycles. The van der Waals surface area contributed by atoms with Gasteiger partial charge in [-0.15, -0.1) is 0 Å². The summed E-state index contributed by atoms with van der Waals surface area (Å²) in [6.45, 7) is 0.943. The first kappa shape index (κ1) is 21.7. The summed E-state index contributed by atoms with van der Waals surface area (Å²) in [5, 5.41) is 1.00. The minimum absolute atomic E-state index is 0.0233. The number of nitrogens with zero attached hydrogens (tertiary/aromatic N) is 3. The van der Waals surface area contributed by atoms with E-state index < -0.39 is 5.91 Å². The number of aromatic nitrogens is 3. The van der Waals surface area contributed by atoms with E-state index >= 15 is 0 Å². The maximum atomic E-state index is 12.5. The average Bonchev–Trinajstić information content (AvgIpc) is 3.53. The van der Waals surface area contributed by atoms with Crippen molar-refractivity contribution in [1.82, 2.24) is 14.5 Å². The molecule has 0 spiro atoms. The molecule has 174 valence electrons. The fourth-order valence-electron chi connectivity index (χ4n) is 3.90. The quantitative estimate of drug-likeness (QED) is 0.425. The number of carbonyl (C=O) groups excluding carboxylic acids is 1. The zero-order valence-corrected chi connectivity index (χ0v) is 18.6. The third kappa shape index (κ3) is 4.25. The van der Waals surface area contributed by atoms with E-state index in [0.29, 0.717) is 18.1 Å². The first-order valence-corrected chi connectivity index (χ1v) is 11.0. The highest BCUT2D eigenvalue weighted by Crippen LogP contribution is 2.38. The number of methoxy groups -OCH3 is 1. The molecule has 0 bridgehead atoms. The number of nitrogens with two attached hydrogens (primary N) is 1. The molecular formula is C25H24N4O5. The van der Waals surface area contributed by atoms with Crippen molar-refractivity contribution in [3.63, 3.8) is 0 Å². The van der Waals surface area contributed by atoms with Gasteiger partial charge in [0.1, 0.15) is 6.61 Å². The van der Waals surface area contributed by atoms with Gasteiger partial charge in [-0.1, -0.05) is 30.3 Å². The molecule has 0 saturated carbocycles. The van der Waals surface area contributed by atoms with Crippen LogP contribution in [0.5, 0.6) is 23.1 Å². The third-order valence-corrected chi connectivity index (χ3v) is 5.58. The Morgan fingerprint density at radius 1 is 1.12 bits per heavy atom. The van der Waals surface area contributed by atoms with E-state index in [9.17, 15) is 4.79 Å². The van der Waals surface area contributed by atoms with Gasteiger partial charge in [0.05, 0.1) is 18.7 Å². The standard InChI is InChI=1S/C25H24N4O5/c1-31-19-10-4-5-11-20(19)34-22-21(23(26)30)27-25(28-24(22)33-15-17-8-6-14-32-17)29-13-12-16-7-2-3-9-18(16)29/h2-5,7,9-13,17H,6,8,14-15H2,1H3,(H2,26,30). The van der Waals surface area contributed by atoms with Crippen molar-refractivity contribution in [2.75, 3.05) is 20.3 Å². The number of rotatable bonds is 8. The molecule has 9 heteroatoms. The SMILES string of the molecule is COc1ccccc1Oc1c(OCC2CCCO2)nc(-n2ccc3ccccc32)nc1C(N)=O. The largest absolute Gasteiger partial charge is 0.493 e. The zero-order chi connectivity index (χ0) is 23.5. The van der Waals surface area contributed by atoms with Crippen LogP contribution in [0.25, 0.3) is 16.9 Å². The predicted octanol–water partition coefficient (Wildman–Crippen LogP) is 3.88. The van der Waals surface area contributed by atoms with Crippen LogP contribution in [-0.4, -0.2) is 46.9 Å². The molecule has 1 atom stereocenters. The second-order valence-electron chi connectivity index (χ2n) is 7.81. The number of amides is 1. The number of para-hydroxylation sites is 3. The summed E-state index contributed by atoms with van der Waals surface area (Å²) in [6.07, 6.45) is 3.61. The summed E-state index contributed by atoms with van der Waals surface area (Å²) >= 11 is 0. The van der Waals surface area contributed by atoms with Crippen molar-refractivity contribution in [1.29, 1.82) is 0 Å². The molecule has 1 unspecified atom stereocenters. The normalized spacial score (nSPS) is 15.4. The molecule has 0 radical (unpaired) electrons. The van der Waals surface area contributed by atoms with Crippen molar-refractivity contribution < 1.29 is 23.7 Å². The average molecular weight is 460 g/mol. The number of carbonyl (C=O) groups is 1. The molecule has 9 nitrogen and oxygen atoms in total. The van der Waals surface area contributed by atoms with E-state index in [1.54, 1.807) is 22.8 Å². The molecule has 5 rings (SSSR count). The van der Waals surface area contributed by atoms with Gasteiger partial charge < -0.3 is 24.7 Å². The van der Waals surface area contributed by atoms with Crippen LogP contribution in [0.2, 0.25) is 0 Å². The smallest absolute Gasteiger partial charge is 0.271 e. The molecule has 2 aromatic carbocycles. The van der Waals surface area contributed by atoms with Crippen molar-refractivity contribution in [3.8, 4) is 29.1 Å². The van der Waals surface area contributed by atoms with E-state index in [0.717, 1.165) is 23.7 Å². The minimum atomic E-state index is -0.771. The molecule has 3 heterocycles. The molecule has 1 aliphatic rings. The Morgan fingerprint density at radius 3 is 2.68 bits per heavy atom. The highest BCUT2D eigenvalue weighted by atomic mass is 16.6. The number of primary amides is 1. The van der Waals surface area contributed by atoms with Crippen molar-refractivity contribution >= 4 is 16.8 Å². The van der Waals surface area contributed by atoms with Gasteiger partial charge in [-0.2, -0.15) is 4.98 Å². The number of fused-ring (bicyclic) bond motifs is 1. The second kappa shape index (κ2) is 9.40. The van der Waals surface area contributed by atoms with Gasteiger partial charge in [0.2, 0.25) is 11.7 Å². The topological polar surface area (TPSA) is 111 Å². The Hall–Kier alpha value is -4.11. The summed E-state index contributed by atoms with van der Waals surface area (Å²) in [6, 6.07) is 16.8. The fourth-order valence-corrected chi connectivity index (χ4v) is 3.90. The van der Waals surface area contributed by atoms with Gasteiger partial charge in [-0.05, 0) is 37.1 Å². The summed E-state index contributed by atoms with van der Waals surface area (Å²) in [7, 11) is 1.53. The van der Waals surface area contributed by atoms with Crippen LogP contribution >= 0.6 is 0 Å².